The van der Waals surface area contributed by atoms with Crippen LogP contribution in [0.15, 0.2) is 186 Å². The first-order valence-electron chi connectivity index (χ1n) is 19.3. The van der Waals surface area contributed by atoms with E-state index in [0.717, 1.165) is 38.9 Å². The van der Waals surface area contributed by atoms with Crippen LogP contribution in [0.1, 0.15) is 43.2 Å². The number of fused-ring (bicyclic) bond motifs is 4. The third-order valence-electron chi connectivity index (χ3n) is 11.4. The van der Waals surface area contributed by atoms with E-state index in [1.54, 1.807) is 0 Å². The first-order valence-corrected chi connectivity index (χ1v) is 20.1. The normalized spacial score (nSPS) is 14.3. The van der Waals surface area contributed by atoms with Crippen LogP contribution in [0.25, 0.3) is 67.5 Å². The monoisotopic (exact) mass is 725 g/mol. The van der Waals surface area contributed by atoms with Gasteiger partial charge in [0.2, 0.25) is 0 Å². The zero-order chi connectivity index (χ0) is 36.6. The summed E-state index contributed by atoms with van der Waals surface area (Å²) in [5.74, 6) is 1.96. The van der Waals surface area contributed by atoms with Crippen LogP contribution in [0, 0.1) is 0 Å². The lowest BCUT2D eigenvalue weighted by Crippen LogP contribution is -2.33. The van der Waals surface area contributed by atoms with Gasteiger partial charge in [-0.3, -0.25) is 0 Å². The SMILES string of the molecule is c1ccc(-c2cc(-c3cccc(-c4ccc5c(c4)C4(CCCCC4)c4ccccc4S5)c3)cc(-c3nc(-c4ccccc4)nc(-c4ccccc4)n3)c2)cc1. The molecular formula is C51H39N3S. The summed E-state index contributed by atoms with van der Waals surface area (Å²) in [6, 6.07) is 63.1. The van der Waals surface area contributed by atoms with Gasteiger partial charge in [-0.05, 0) is 99.8 Å². The Hall–Kier alpha value is -6.10. The van der Waals surface area contributed by atoms with Crippen LogP contribution in [0.2, 0.25) is 0 Å². The summed E-state index contributed by atoms with van der Waals surface area (Å²) in [5, 5.41) is 0. The molecule has 0 atom stereocenters. The fourth-order valence-corrected chi connectivity index (χ4v) is 9.87. The number of hydrogen-bond acceptors (Lipinski definition) is 4. The maximum atomic E-state index is 5.11. The summed E-state index contributed by atoms with van der Waals surface area (Å²) in [5.41, 5.74) is 13.0. The summed E-state index contributed by atoms with van der Waals surface area (Å²) in [4.78, 5) is 18.0. The van der Waals surface area contributed by atoms with E-state index in [0.29, 0.717) is 17.5 Å². The molecule has 264 valence electrons. The average Bonchev–Trinajstić information content (AvgIpc) is 3.27. The molecule has 2 aliphatic rings. The molecule has 1 fully saturated rings. The molecule has 0 N–H and O–H groups in total. The second-order valence-electron chi connectivity index (χ2n) is 14.7. The minimum absolute atomic E-state index is 0.0870. The summed E-state index contributed by atoms with van der Waals surface area (Å²) in [6.07, 6.45) is 6.30. The van der Waals surface area contributed by atoms with E-state index in [1.807, 2.05) is 48.2 Å². The highest BCUT2D eigenvalue weighted by Gasteiger charge is 2.41. The van der Waals surface area contributed by atoms with Crippen LogP contribution < -0.4 is 0 Å². The summed E-state index contributed by atoms with van der Waals surface area (Å²) >= 11 is 1.94. The van der Waals surface area contributed by atoms with Crippen molar-refractivity contribution in [2.24, 2.45) is 0 Å². The summed E-state index contributed by atoms with van der Waals surface area (Å²) in [6.45, 7) is 0. The van der Waals surface area contributed by atoms with Crippen molar-refractivity contribution in [3.8, 4) is 67.5 Å². The van der Waals surface area contributed by atoms with Gasteiger partial charge in [-0.2, -0.15) is 0 Å². The molecule has 0 unspecified atom stereocenters. The maximum absolute atomic E-state index is 5.11. The zero-order valence-electron chi connectivity index (χ0n) is 30.5. The van der Waals surface area contributed by atoms with Gasteiger partial charge in [-0.1, -0.05) is 164 Å². The molecule has 3 nitrogen and oxygen atoms in total. The highest BCUT2D eigenvalue weighted by atomic mass is 32.2. The lowest BCUT2D eigenvalue weighted by molar-refractivity contribution is 0.335. The third-order valence-corrected chi connectivity index (χ3v) is 12.5. The van der Waals surface area contributed by atoms with Crippen molar-refractivity contribution in [1.29, 1.82) is 0 Å². The largest absolute Gasteiger partial charge is 0.208 e. The molecule has 0 radical (unpaired) electrons. The zero-order valence-corrected chi connectivity index (χ0v) is 31.3. The Morgan fingerprint density at radius 3 is 1.44 bits per heavy atom. The van der Waals surface area contributed by atoms with Crippen molar-refractivity contribution in [2.75, 3.05) is 0 Å². The number of rotatable bonds is 6. The molecule has 55 heavy (non-hydrogen) atoms. The van der Waals surface area contributed by atoms with E-state index in [-0.39, 0.29) is 5.41 Å². The fraction of sp³-hybridized carbons (Fsp3) is 0.118. The van der Waals surface area contributed by atoms with E-state index in [2.05, 4.69) is 140 Å². The smallest absolute Gasteiger partial charge is 0.164 e. The lowest BCUT2D eigenvalue weighted by Gasteiger charge is -2.43. The number of aromatic nitrogens is 3. The second-order valence-corrected chi connectivity index (χ2v) is 15.8. The van der Waals surface area contributed by atoms with Crippen LogP contribution in [0.5, 0.6) is 0 Å². The van der Waals surface area contributed by atoms with Crippen molar-refractivity contribution < 1.29 is 0 Å². The number of benzene rings is 7. The van der Waals surface area contributed by atoms with Gasteiger partial charge in [-0.15, -0.1) is 0 Å². The van der Waals surface area contributed by atoms with Gasteiger partial charge in [0.05, 0.1) is 0 Å². The van der Waals surface area contributed by atoms with Crippen molar-refractivity contribution in [2.45, 2.75) is 47.3 Å². The van der Waals surface area contributed by atoms with Gasteiger partial charge in [0.15, 0.2) is 17.5 Å². The van der Waals surface area contributed by atoms with Gasteiger partial charge in [0.25, 0.3) is 0 Å². The van der Waals surface area contributed by atoms with E-state index >= 15 is 0 Å². The van der Waals surface area contributed by atoms with Gasteiger partial charge in [0.1, 0.15) is 0 Å². The predicted octanol–water partition coefficient (Wildman–Crippen LogP) is 13.6. The van der Waals surface area contributed by atoms with Crippen LogP contribution in [-0.4, -0.2) is 15.0 Å². The maximum Gasteiger partial charge on any atom is 0.164 e. The van der Waals surface area contributed by atoms with E-state index in [1.165, 1.54) is 64.1 Å². The number of nitrogens with zero attached hydrogens (tertiary/aromatic N) is 3. The molecule has 1 spiro atoms. The molecule has 1 aliphatic carbocycles. The molecule has 8 aromatic rings. The Labute approximate surface area is 327 Å². The molecule has 0 saturated heterocycles. The molecule has 0 bridgehead atoms. The Morgan fingerprint density at radius 2 is 0.782 bits per heavy atom. The molecule has 1 saturated carbocycles. The molecule has 7 aromatic carbocycles. The van der Waals surface area contributed by atoms with Gasteiger partial charge in [0, 0.05) is 31.9 Å². The van der Waals surface area contributed by atoms with Crippen molar-refractivity contribution in [1.82, 2.24) is 15.0 Å². The molecule has 1 aliphatic heterocycles. The van der Waals surface area contributed by atoms with Gasteiger partial charge >= 0.3 is 0 Å². The van der Waals surface area contributed by atoms with E-state index < -0.39 is 0 Å². The van der Waals surface area contributed by atoms with Crippen molar-refractivity contribution in [3.63, 3.8) is 0 Å². The summed E-state index contributed by atoms with van der Waals surface area (Å²) < 4.78 is 0. The molecule has 1 aromatic heterocycles. The lowest BCUT2D eigenvalue weighted by atomic mass is 9.64. The Balaban J connectivity index is 1.10. The molecule has 10 rings (SSSR count). The Bertz CT molecular complexity index is 2590. The highest BCUT2D eigenvalue weighted by molar-refractivity contribution is 7.99. The fourth-order valence-electron chi connectivity index (χ4n) is 8.62. The molecule has 4 heteroatoms. The Kier molecular flexibility index (Phi) is 8.69. The molecular weight excluding hydrogens is 687 g/mol. The second kappa shape index (κ2) is 14.3. The van der Waals surface area contributed by atoms with Crippen LogP contribution in [0.3, 0.4) is 0 Å². The third kappa shape index (κ3) is 6.37. The van der Waals surface area contributed by atoms with Crippen LogP contribution in [0.4, 0.5) is 0 Å². The highest BCUT2D eigenvalue weighted by Crippen LogP contribution is 2.56. The quantitative estimate of drug-likeness (QED) is 0.171. The molecule has 2 heterocycles. The van der Waals surface area contributed by atoms with Gasteiger partial charge < -0.3 is 0 Å². The van der Waals surface area contributed by atoms with Crippen LogP contribution in [-0.2, 0) is 5.41 Å². The van der Waals surface area contributed by atoms with E-state index in [9.17, 15) is 0 Å². The van der Waals surface area contributed by atoms with Crippen molar-refractivity contribution in [3.05, 3.63) is 187 Å². The van der Waals surface area contributed by atoms with Gasteiger partial charge in [-0.25, -0.2) is 15.0 Å². The van der Waals surface area contributed by atoms with E-state index in [4.69, 9.17) is 15.0 Å². The first-order chi connectivity index (χ1) is 27.2. The standard InChI is InChI=1S/C51H39N3S/c1-5-16-35(17-6-1)41-31-42(33-43(32-41)50-53-48(36-18-7-2-8-19-36)52-49(54-50)37-20-9-3-10-21-37)39-23-15-22-38(30-39)40-26-27-47-45(34-40)51(28-13-4-14-29-51)44-24-11-12-25-46(44)55-47/h1-3,5-12,15-27,30-34H,4,13-14,28-29H2. The number of hydrogen-bond donors (Lipinski definition) is 0. The minimum atomic E-state index is 0.0870. The first kappa shape index (κ1) is 33.5. The Morgan fingerprint density at radius 1 is 0.327 bits per heavy atom. The predicted molar refractivity (Wildman–Crippen MR) is 227 cm³/mol. The average molecular weight is 726 g/mol. The molecule has 0 amide bonds. The minimum Gasteiger partial charge on any atom is -0.208 e. The van der Waals surface area contributed by atoms with Crippen LogP contribution >= 0.6 is 11.8 Å². The topological polar surface area (TPSA) is 38.7 Å². The summed E-state index contributed by atoms with van der Waals surface area (Å²) in [7, 11) is 0. The van der Waals surface area contributed by atoms with Crippen molar-refractivity contribution >= 4 is 11.8 Å².